The normalized spacial score (nSPS) is 10.4. The van der Waals surface area contributed by atoms with E-state index in [0.717, 1.165) is 17.0 Å². The molecule has 1 heterocycles. The molecule has 0 unspecified atom stereocenters. The van der Waals surface area contributed by atoms with Crippen molar-refractivity contribution in [2.45, 2.75) is 5.88 Å². The van der Waals surface area contributed by atoms with Crippen LogP contribution in [0, 0.1) is 0 Å². The number of nitrogens with zero attached hydrogens (tertiary/aromatic N) is 1. The third-order valence-electron chi connectivity index (χ3n) is 2.89. The summed E-state index contributed by atoms with van der Waals surface area (Å²) in [6.45, 7) is 0. The highest BCUT2D eigenvalue weighted by Gasteiger charge is 2.07. The summed E-state index contributed by atoms with van der Waals surface area (Å²) in [7, 11) is 3.36. The highest BCUT2D eigenvalue weighted by molar-refractivity contribution is 6.17. The largest absolute Gasteiger partial charge is 0.497 e. The number of halogens is 1. The van der Waals surface area contributed by atoms with Gasteiger partial charge in [-0.05, 0) is 18.2 Å². The zero-order valence-electron chi connectivity index (χ0n) is 10.3. The Labute approximate surface area is 111 Å². The second-order valence-electron chi connectivity index (χ2n) is 3.97. The number of pyridine rings is 1. The van der Waals surface area contributed by atoms with Crippen molar-refractivity contribution in [3.05, 3.63) is 52.3 Å². The molecule has 0 saturated heterocycles. The van der Waals surface area contributed by atoms with E-state index in [2.05, 4.69) is 0 Å². The molecule has 0 saturated carbocycles. The fourth-order valence-electron chi connectivity index (χ4n) is 1.86. The van der Waals surface area contributed by atoms with E-state index < -0.39 is 0 Å². The lowest BCUT2D eigenvalue weighted by Crippen LogP contribution is -2.21. The molecule has 0 bridgehead atoms. The molecule has 0 aliphatic rings. The molecule has 4 heteroatoms. The predicted molar refractivity (Wildman–Crippen MR) is 73.2 cm³/mol. The molecule has 94 valence electrons. The summed E-state index contributed by atoms with van der Waals surface area (Å²) < 4.78 is 6.79. The van der Waals surface area contributed by atoms with Gasteiger partial charge in [-0.3, -0.25) is 4.79 Å². The first-order valence-corrected chi connectivity index (χ1v) is 6.10. The van der Waals surface area contributed by atoms with Crippen molar-refractivity contribution >= 4 is 11.6 Å². The van der Waals surface area contributed by atoms with E-state index in [1.165, 1.54) is 0 Å². The van der Waals surface area contributed by atoms with E-state index in [0.29, 0.717) is 5.56 Å². The summed E-state index contributed by atoms with van der Waals surface area (Å²) in [6, 6.07) is 11.3. The van der Waals surface area contributed by atoms with Crippen molar-refractivity contribution in [2.24, 2.45) is 7.05 Å². The monoisotopic (exact) mass is 263 g/mol. The average molecular weight is 264 g/mol. The molecule has 0 aliphatic heterocycles. The van der Waals surface area contributed by atoms with Gasteiger partial charge in [0, 0.05) is 18.2 Å². The third kappa shape index (κ3) is 2.27. The molecule has 0 N–H and O–H groups in total. The van der Waals surface area contributed by atoms with Crippen LogP contribution < -0.4 is 10.3 Å². The van der Waals surface area contributed by atoms with E-state index in [1.54, 1.807) is 24.8 Å². The lowest BCUT2D eigenvalue weighted by molar-refractivity contribution is 0.415. The zero-order chi connectivity index (χ0) is 13.1. The van der Waals surface area contributed by atoms with E-state index >= 15 is 0 Å². The fraction of sp³-hybridized carbons (Fsp3) is 0.214. The van der Waals surface area contributed by atoms with Gasteiger partial charge in [0.05, 0.1) is 18.7 Å². The van der Waals surface area contributed by atoms with Crippen molar-refractivity contribution < 1.29 is 4.74 Å². The van der Waals surface area contributed by atoms with Crippen LogP contribution in [-0.4, -0.2) is 11.7 Å². The quantitative estimate of drug-likeness (QED) is 0.798. The molecule has 0 atom stereocenters. The molecular formula is C14H14ClNO2. The second kappa shape index (κ2) is 5.27. The minimum Gasteiger partial charge on any atom is -0.497 e. The summed E-state index contributed by atoms with van der Waals surface area (Å²) in [5, 5.41) is 0. The first-order chi connectivity index (χ1) is 8.67. The second-order valence-corrected chi connectivity index (χ2v) is 4.24. The number of rotatable bonds is 3. The Morgan fingerprint density at radius 2 is 2.06 bits per heavy atom. The highest BCUT2D eigenvalue weighted by Crippen LogP contribution is 2.22. The Kier molecular flexibility index (Phi) is 3.72. The van der Waals surface area contributed by atoms with Crippen LogP contribution in [-0.2, 0) is 12.9 Å². The molecule has 2 rings (SSSR count). The first-order valence-electron chi connectivity index (χ1n) is 5.56. The molecule has 18 heavy (non-hydrogen) atoms. The van der Waals surface area contributed by atoms with E-state index in [4.69, 9.17) is 16.3 Å². The Morgan fingerprint density at radius 3 is 2.72 bits per heavy atom. The van der Waals surface area contributed by atoms with Crippen LogP contribution in [0.25, 0.3) is 11.3 Å². The molecule has 1 aromatic heterocycles. The van der Waals surface area contributed by atoms with Crippen LogP contribution in [0.15, 0.2) is 41.2 Å². The predicted octanol–water partition coefficient (Wildman–Crippen LogP) is 2.80. The fourth-order valence-corrected chi connectivity index (χ4v) is 2.06. The van der Waals surface area contributed by atoms with E-state index in [-0.39, 0.29) is 11.4 Å². The SMILES string of the molecule is COc1cccc(-c2ccc(CCl)c(=O)n2C)c1. The molecule has 0 spiro atoms. The molecule has 0 aliphatic carbocycles. The van der Waals surface area contributed by atoms with E-state index in [1.807, 2.05) is 30.3 Å². The average Bonchev–Trinajstić information content (AvgIpc) is 2.42. The van der Waals surface area contributed by atoms with Gasteiger partial charge in [-0.15, -0.1) is 11.6 Å². The Balaban J connectivity index is 2.57. The third-order valence-corrected chi connectivity index (χ3v) is 3.18. The Hall–Kier alpha value is -1.74. The van der Waals surface area contributed by atoms with Crippen molar-refractivity contribution in [1.82, 2.24) is 4.57 Å². The minimum absolute atomic E-state index is 0.0645. The number of alkyl halides is 1. The number of hydrogen-bond donors (Lipinski definition) is 0. The zero-order valence-corrected chi connectivity index (χ0v) is 11.1. The van der Waals surface area contributed by atoms with Gasteiger partial charge < -0.3 is 9.30 Å². The summed E-state index contributed by atoms with van der Waals surface area (Å²) >= 11 is 5.72. The number of ether oxygens (including phenoxy) is 1. The maximum atomic E-state index is 12.0. The molecule has 1 aromatic carbocycles. The van der Waals surface area contributed by atoms with Gasteiger partial charge in [-0.2, -0.15) is 0 Å². The number of hydrogen-bond acceptors (Lipinski definition) is 2. The molecule has 2 aromatic rings. The van der Waals surface area contributed by atoms with Gasteiger partial charge in [-0.1, -0.05) is 18.2 Å². The Morgan fingerprint density at radius 1 is 1.28 bits per heavy atom. The molecular weight excluding hydrogens is 250 g/mol. The van der Waals surface area contributed by atoms with Gasteiger partial charge in [0.15, 0.2) is 0 Å². The van der Waals surface area contributed by atoms with Crippen LogP contribution in [0.2, 0.25) is 0 Å². The van der Waals surface area contributed by atoms with Crippen LogP contribution in [0.3, 0.4) is 0 Å². The highest BCUT2D eigenvalue weighted by atomic mass is 35.5. The van der Waals surface area contributed by atoms with Crippen molar-refractivity contribution in [2.75, 3.05) is 7.11 Å². The lowest BCUT2D eigenvalue weighted by atomic mass is 10.1. The number of methoxy groups -OCH3 is 1. The number of aromatic nitrogens is 1. The van der Waals surface area contributed by atoms with Crippen LogP contribution in [0.4, 0.5) is 0 Å². The maximum Gasteiger partial charge on any atom is 0.255 e. The van der Waals surface area contributed by atoms with Crippen LogP contribution >= 0.6 is 11.6 Å². The summed E-state index contributed by atoms with van der Waals surface area (Å²) in [5.41, 5.74) is 2.32. The molecule has 0 amide bonds. The van der Waals surface area contributed by atoms with Gasteiger partial charge in [0.25, 0.3) is 5.56 Å². The van der Waals surface area contributed by atoms with Gasteiger partial charge >= 0.3 is 0 Å². The Bertz CT molecular complexity index is 619. The standard InChI is InChI=1S/C14H14ClNO2/c1-16-13(7-6-11(9-15)14(16)17)10-4-3-5-12(8-10)18-2/h3-8H,9H2,1-2H3. The molecule has 0 fully saturated rings. The smallest absolute Gasteiger partial charge is 0.255 e. The topological polar surface area (TPSA) is 31.2 Å². The van der Waals surface area contributed by atoms with Gasteiger partial charge in [0.1, 0.15) is 5.75 Å². The first kappa shape index (κ1) is 12.7. The maximum absolute atomic E-state index is 12.0. The van der Waals surface area contributed by atoms with E-state index in [9.17, 15) is 4.79 Å². The summed E-state index contributed by atoms with van der Waals surface area (Å²) in [4.78, 5) is 12.0. The summed E-state index contributed by atoms with van der Waals surface area (Å²) in [5.74, 6) is 0.992. The molecule has 3 nitrogen and oxygen atoms in total. The van der Waals surface area contributed by atoms with Crippen molar-refractivity contribution in [1.29, 1.82) is 0 Å². The van der Waals surface area contributed by atoms with Gasteiger partial charge in [0.2, 0.25) is 0 Å². The minimum atomic E-state index is -0.0645. The lowest BCUT2D eigenvalue weighted by Gasteiger charge is -2.10. The number of benzene rings is 1. The van der Waals surface area contributed by atoms with Crippen LogP contribution in [0.5, 0.6) is 5.75 Å². The molecule has 0 radical (unpaired) electrons. The van der Waals surface area contributed by atoms with Crippen LogP contribution in [0.1, 0.15) is 5.56 Å². The van der Waals surface area contributed by atoms with Crippen molar-refractivity contribution in [3.8, 4) is 17.0 Å². The summed E-state index contributed by atoms with van der Waals surface area (Å²) in [6.07, 6.45) is 0. The van der Waals surface area contributed by atoms with Gasteiger partial charge in [-0.25, -0.2) is 0 Å². The van der Waals surface area contributed by atoms with Crippen molar-refractivity contribution in [3.63, 3.8) is 0 Å².